The van der Waals surface area contributed by atoms with Crippen LogP contribution >= 0.6 is 11.6 Å². The molecular formula is C15H20ClN3. The first-order valence-corrected chi connectivity index (χ1v) is 7.50. The Balaban J connectivity index is 1.99. The lowest BCUT2D eigenvalue weighted by Gasteiger charge is -2.29. The first-order chi connectivity index (χ1) is 9.20. The van der Waals surface area contributed by atoms with Crippen LogP contribution in [0.3, 0.4) is 0 Å². The molecule has 1 aliphatic rings. The Morgan fingerprint density at radius 2 is 2.05 bits per heavy atom. The highest BCUT2D eigenvalue weighted by Gasteiger charge is 2.25. The normalized spacial score (nSPS) is 23.9. The van der Waals surface area contributed by atoms with Gasteiger partial charge < -0.3 is 10.3 Å². The number of nitrogens with two attached hydrogens (primary N) is 1. The van der Waals surface area contributed by atoms with Gasteiger partial charge in [0.25, 0.3) is 0 Å². The maximum atomic E-state index is 6.33. The second-order valence-corrected chi connectivity index (χ2v) is 5.94. The van der Waals surface area contributed by atoms with Crippen molar-refractivity contribution in [1.29, 1.82) is 0 Å². The molecule has 0 atom stereocenters. The van der Waals surface area contributed by atoms with Crippen LogP contribution in [0.2, 0.25) is 5.02 Å². The van der Waals surface area contributed by atoms with Crippen LogP contribution in [-0.4, -0.2) is 9.55 Å². The van der Waals surface area contributed by atoms with E-state index < -0.39 is 0 Å². The molecule has 0 bridgehead atoms. The molecule has 2 N–H and O–H groups in total. The highest BCUT2D eigenvalue weighted by atomic mass is 35.5. The molecule has 0 saturated heterocycles. The third-order valence-electron chi connectivity index (χ3n) is 4.45. The molecule has 0 aliphatic heterocycles. The van der Waals surface area contributed by atoms with E-state index in [9.17, 15) is 0 Å². The number of nitrogen functional groups attached to an aromatic ring is 1. The summed E-state index contributed by atoms with van der Waals surface area (Å²) < 4.78 is 2.16. The zero-order chi connectivity index (χ0) is 13.4. The van der Waals surface area contributed by atoms with E-state index in [4.69, 9.17) is 17.3 Å². The predicted octanol–water partition coefficient (Wildman–Crippen LogP) is 4.41. The van der Waals surface area contributed by atoms with Gasteiger partial charge in [0.15, 0.2) is 0 Å². The monoisotopic (exact) mass is 277 g/mol. The molecule has 1 aliphatic carbocycles. The predicted molar refractivity (Wildman–Crippen MR) is 80.4 cm³/mol. The van der Waals surface area contributed by atoms with Gasteiger partial charge in [-0.25, -0.2) is 4.98 Å². The van der Waals surface area contributed by atoms with E-state index in [-0.39, 0.29) is 0 Å². The van der Waals surface area contributed by atoms with Gasteiger partial charge in [-0.3, -0.25) is 0 Å². The summed E-state index contributed by atoms with van der Waals surface area (Å²) in [5.41, 5.74) is 8.02. The van der Waals surface area contributed by atoms with E-state index in [0.717, 1.165) is 22.0 Å². The van der Waals surface area contributed by atoms with Crippen LogP contribution in [0.15, 0.2) is 18.2 Å². The Morgan fingerprint density at radius 3 is 2.74 bits per heavy atom. The molecule has 1 aromatic carbocycles. The quantitative estimate of drug-likeness (QED) is 0.883. The number of hydrogen-bond donors (Lipinski definition) is 1. The van der Waals surface area contributed by atoms with E-state index in [1.807, 2.05) is 18.2 Å². The largest absolute Gasteiger partial charge is 0.369 e. The van der Waals surface area contributed by atoms with Crippen LogP contribution in [0, 0.1) is 5.92 Å². The molecule has 1 saturated carbocycles. The summed E-state index contributed by atoms with van der Waals surface area (Å²) in [5, 5.41) is 0.749. The number of nitrogens with zero attached hydrogens (tertiary/aromatic N) is 2. The van der Waals surface area contributed by atoms with Gasteiger partial charge in [0.2, 0.25) is 5.95 Å². The van der Waals surface area contributed by atoms with Crippen molar-refractivity contribution in [2.75, 3.05) is 5.73 Å². The zero-order valence-electron chi connectivity index (χ0n) is 11.3. The van der Waals surface area contributed by atoms with Gasteiger partial charge >= 0.3 is 0 Å². The van der Waals surface area contributed by atoms with Gasteiger partial charge in [-0.15, -0.1) is 0 Å². The van der Waals surface area contributed by atoms with Crippen LogP contribution in [-0.2, 0) is 0 Å². The highest BCUT2D eigenvalue weighted by molar-refractivity contribution is 6.35. The Labute approximate surface area is 118 Å². The number of anilines is 1. The van der Waals surface area contributed by atoms with Crippen molar-refractivity contribution in [2.45, 2.75) is 45.1 Å². The SMILES string of the molecule is CCC1CCC(n2c(N)nc3cccc(Cl)c32)CC1. The van der Waals surface area contributed by atoms with Gasteiger partial charge in [-0.2, -0.15) is 0 Å². The second kappa shape index (κ2) is 5.04. The maximum absolute atomic E-state index is 6.33. The molecule has 0 radical (unpaired) electrons. The first kappa shape index (κ1) is 12.8. The van der Waals surface area contributed by atoms with Gasteiger partial charge in [0, 0.05) is 6.04 Å². The molecule has 4 heteroatoms. The fourth-order valence-electron chi connectivity index (χ4n) is 3.31. The second-order valence-electron chi connectivity index (χ2n) is 5.53. The summed E-state index contributed by atoms with van der Waals surface area (Å²) in [6, 6.07) is 6.27. The van der Waals surface area contributed by atoms with Gasteiger partial charge in [-0.1, -0.05) is 31.0 Å². The smallest absolute Gasteiger partial charge is 0.201 e. The van der Waals surface area contributed by atoms with Crippen molar-refractivity contribution in [3.8, 4) is 0 Å². The van der Waals surface area contributed by atoms with Crippen LogP contribution < -0.4 is 5.73 Å². The minimum atomic E-state index is 0.452. The van der Waals surface area contributed by atoms with Crippen molar-refractivity contribution >= 4 is 28.6 Å². The lowest BCUT2D eigenvalue weighted by molar-refractivity contribution is 0.275. The van der Waals surface area contributed by atoms with Crippen molar-refractivity contribution in [3.05, 3.63) is 23.2 Å². The minimum absolute atomic E-state index is 0.452. The Kier molecular flexibility index (Phi) is 3.40. The number of para-hydroxylation sites is 1. The molecule has 0 amide bonds. The molecule has 0 spiro atoms. The van der Waals surface area contributed by atoms with Crippen molar-refractivity contribution in [1.82, 2.24) is 9.55 Å². The van der Waals surface area contributed by atoms with Crippen molar-refractivity contribution < 1.29 is 0 Å². The number of imidazole rings is 1. The fourth-order valence-corrected chi connectivity index (χ4v) is 3.57. The van der Waals surface area contributed by atoms with E-state index in [0.29, 0.717) is 12.0 Å². The average molecular weight is 278 g/mol. The van der Waals surface area contributed by atoms with Crippen LogP contribution in [0.25, 0.3) is 11.0 Å². The lowest BCUT2D eigenvalue weighted by atomic mass is 9.84. The molecule has 1 aromatic heterocycles. The molecule has 0 unspecified atom stereocenters. The number of fused-ring (bicyclic) bond motifs is 1. The first-order valence-electron chi connectivity index (χ1n) is 7.12. The van der Waals surface area contributed by atoms with Crippen molar-refractivity contribution in [2.24, 2.45) is 5.92 Å². The average Bonchev–Trinajstić information content (AvgIpc) is 2.76. The standard InChI is InChI=1S/C15H20ClN3/c1-2-10-6-8-11(9-7-10)19-14-12(16)4-3-5-13(14)18-15(19)17/h3-5,10-11H,2,6-9H2,1H3,(H2,17,18). The maximum Gasteiger partial charge on any atom is 0.201 e. The molecule has 3 nitrogen and oxygen atoms in total. The van der Waals surface area contributed by atoms with Crippen LogP contribution in [0.4, 0.5) is 5.95 Å². The Bertz CT molecular complexity index is 582. The number of rotatable bonds is 2. The van der Waals surface area contributed by atoms with E-state index >= 15 is 0 Å². The number of halogens is 1. The Morgan fingerprint density at radius 1 is 1.32 bits per heavy atom. The van der Waals surface area contributed by atoms with E-state index in [1.54, 1.807) is 0 Å². The highest BCUT2D eigenvalue weighted by Crippen LogP contribution is 2.38. The molecule has 19 heavy (non-hydrogen) atoms. The molecule has 3 rings (SSSR count). The molecule has 2 aromatic rings. The summed E-state index contributed by atoms with van der Waals surface area (Å²) in [7, 11) is 0. The van der Waals surface area contributed by atoms with E-state index in [2.05, 4.69) is 16.5 Å². The van der Waals surface area contributed by atoms with Gasteiger partial charge in [-0.05, 0) is 43.7 Å². The van der Waals surface area contributed by atoms with Crippen molar-refractivity contribution in [3.63, 3.8) is 0 Å². The molecule has 102 valence electrons. The summed E-state index contributed by atoms with van der Waals surface area (Å²) in [5.74, 6) is 1.48. The molecule has 1 heterocycles. The third kappa shape index (κ3) is 2.20. The summed E-state index contributed by atoms with van der Waals surface area (Å²) in [6.45, 7) is 2.28. The minimum Gasteiger partial charge on any atom is -0.369 e. The number of aromatic nitrogens is 2. The number of benzene rings is 1. The zero-order valence-corrected chi connectivity index (χ0v) is 12.0. The fraction of sp³-hybridized carbons (Fsp3) is 0.533. The van der Waals surface area contributed by atoms with Gasteiger partial charge in [0.05, 0.1) is 16.1 Å². The van der Waals surface area contributed by atoms with E-state index in [1.165, 1.54) is 32.1 Å². The topological polar surface area (TPSA) is 43.8 Å². The van der Waals surface area contributed by atoms with Crippen LogP contribution in [0.5, 0.6) is 0 Å². The molecular weight excluding hydrogens is 258 g/mol. The van der Waals surface area contributed by atoms with Gasteiger partial charge in [0.1, 0.15) is 0 Å². The Hall–Kier alpha value is -1.22. The summed E-state index contributed by atoms with van der Waals surface area (Å²) >= 11 is 6.33. The number of hydrogen-bond acceptors (Lipinski definition) is 2. The third-order valence-corrected chi connectivity index (χ3v) is 4.75. The lowest BCUT2D eigenvalue weighted by Crippen LogP contribution is -2.19. The van der Waals surface area contributed by atoms with Crippen LogP contribution in [0.1, 0.15) is 45.1 Å². The molecule has 1 fully saturated rings. The summed E-state index contributed by atoms with van der Waals surface area (Å²) in [6.07, 6.45) is 6.21. The summed E-state index contributed by atoms with van der Waals surface area (Å²) in [4.78, 5) is 4.44.